The first kappa shape index (κ1) is 20.2. The Balaban J connectivity index is 0.00000264. The first-order valence-electron chi connectivity index (χ1n) is 7.95. The van der Waals surface area contributed by atoms with Crippen LogP contribution in [-0.2, 0) is 16.1 Å². The van der Waals surface area contributed by atoms with Crippen LogP contribution < -0.4 is 5.32 Å². The van der Waals surface area contributed by atoms with Crippen molar-refractivity contribution in [3.05, 3.63) is 22.4 Å². The second-order valence-electron chi connectivity index (χ2n) is 5.32. The molecule has 23 heavy (non-hydrogen) atoms. The van der Waals surface area contributed by atoms with Crippen LogP contribution in [0.15, 0.2) is 21.8 Å². The molecule has 1 aromatic heterocycles. The third-order valence-corrected chi connectivity index (χ3v) is 4.47. The molecule has 1 N–H and O–H groups in total. The number of hydrogen-bond donors (Lipinski definition) is 1. The number of piperidine rings is 1. The van der Waals surface area contributed by atoms with Crippen LogP contribution in [-0.4, -0.2) is 43.1 Å². The van der Waals surface area contributed by atoms with Crippen LogP contribution in [0.4, 0.5) is 0 Å². The average molecular weight is 451 g/mol. The molecule has 7 heteroatoms. The standard InChI is InChI=1S/C16H25N3O2S.HI/c1-3-17-16(18-11-13-7-10-22-12-13)19-8-5-14(6-9-19)15(20)21-4-2;/h7,10,12,14H,3-6,8-9,11H2,1-2H3,(H,17,18);1H. The number of carbonyl (C=O) groups excluding carboxylic acids is 1. The summed E-state index contributed by atoms with van der Waals surface area (Å²) in [5.74, 6) is 0.925. The van der Waals surface area contributed by atoms with Gasteiger partial charge in [0.25, 0.3) is 0 Å². The van der Waals surface area contributed by atoms with Crippen molar-refractivity contribution in [2.24, 2.45) is 10.9 Å². The van der Waals surface area contributed by atoms with E-state index in [0.717, 1.165) is 38.4 Å². The molecule has 2 heterocycles. The number of guanidine groups is 1. The zero-order valence-corrected chi connectivity index (χ0v) is 16.9. The molecule has 130 valence electrons. The van der Waals surface area contributed by atoms with Gasteiger partial charge in [-0.15, -0.1) is 24.0 Å². The number of aliphatic imine (C=N–C) groups is 1. The maximum Gasteiger partial charge on any atom is 0.309 e. The van der Waals surface area contributed by atoms with Crippen LogP contribution in [0.3, 0.4) is 0 Å². The lowest BCUT2D eigenvalue weighted by atomic mass is 9.97. The number of likely N-dealkylation sites (tertiary alicyclic amines) is 1. The van der Waals surface area contributed by atoms with E-state index in [2.05, 4.69) is 34.0 Å². The SMILES string of the molecule is CCNC(=NCc1ccsc1)N1CCC(C(=O)OCC)CC1.I. The van der Waals surface area contributed by atoms with Crippen molar-refractivity contribution < 1.29 is 9.53 Å². The minimum atomic E-state index is -0.0534. The third kappa shape index (κ3) is 6.29. The third-order valence-electron chi connectivity index (χ3n) is 3.74. The number of carbonyl (C=O) groups is 1. The van der Waals surface area contributed by atoms with Gasteiger partial charge in [0.05, 0.1) is 19.1 Å². The smallest absolute Gasteiger partial charge is 0.309 e. The highest BCUT2D eigenvalue weighted by Gasteiger charge is 2.27. The van der Waals surface area contributed by atoms with Crippen molar-refractivity contribution >= 4 is 47.2 Å². The van der Waals surface area contributed by atoms with E-state index in [1.807, 2.05) is 6.92 Å². The van der Waals surface area contributed by atoms with E-state index in [0.29, 0.717) is 13.2 Å². The summed E-state index contributed by atoms with van der Waals surface area (Å²) >= 11 is 1.69. The van der Waals surface area contributed by atoms with Crippen molar-refractivity contribution in [1.82, 2.24) is 10.2 Å². The monoisotopic (exact) mass is 451 g/mol. The second kappa shape index (κ2) is 10.9. The zero-order valence-electron chi connectivity index (χ0n) is 13.8. The summed E-state index contributed by atoms with van der Waals surface area (Å²) in [6.45, 7) is 7.63. The topological polar surface area (TPSA) is 53.9 Å². The fraction of sp³-hybridized carbons (Fsp3) is 0.625. The lowest BCUT2D eigenvalue weighted by molar-refractivity contribution is -0.149. The quantitative estimate of drug-likeness (QED) is 0.324. The Morgan fingerprint density at radius 2 is 2.17 bits per heavy atom. The summed E-state index contributed by atoms with van der Waals surface area (Å²) in [5.41, 5.74) is 1.24. The summed E-state index contributed by atoms with van der Waals surface area (Å²) in [4.78, 5) is 18.7. The first-order valence-corrected chi connectivity index (χ1v) is 8.89. The van der Waals surface area contributed by atoms with E-state index in [-0.39, 0.29) is 35.9 Å². The van der Waals surface area contributed by atoms with Crippen molar-refractivity contribution in [3.63, 3.8) is 0 Å². The molecule has 0 bridgehead atoms. The van der Waals surface area contributed by atoms with Gasteiger partial charge in [-0.25, -0.2) is 4.99 Å². The molecular formula is C16H26IN3O2S. The van der Waals surface area contributed by atoms with E-state index >= 15 is 0 Å². The Bertz CT molecular complexity index is 486. The van der Waals surface area contributed by atoms with Crippen molar-refractivity contribution in [1.29, 1.82) is 0 Å². The molecule has 5 nitrogen and oxygen atoms in total. The van der Waals surface area contributed by atoms with Gasteiger partial charge in [-0.2, -0.15) is 11.3 Å². The average Bonchev–Trinajstić information content (AvgIpc) is 3.05. The van der Waals surface area contributed by atoms with Crippen LogP contribution in [0.25, 0.3) is 0 Å². The Labute approximate surface area is 159 Å². The molecular weight excluding hydrogens is 425 g/mol. The molecule has 2 rings (SSSR count). The summed E-state index contributed by atoms with van der Waals surface area (Å²) in [6, 6.07) is 2.10. The van der Waals surface area contributed by atoms with Crippen molar-refractivity contribution in [2.45, 2.75) is 33.2 Å². The highest BCUT2D eigenvalue weighted by atomic mass is 127. The maximum absolute atomic E-state index is 11.8. The van der Waals surface area contributed by atoms with Crippen molar-refractivity contribution in [2.75, 3.05) is 26.2 Å². The summed E-state index contributed by atoms with van der Waals surface area (Å²) in [6.07, 6.45) is 1.67. The van der Waals surface area contributed by atoms with Gasteiger partial charge in [0.2, 0.25) is 0 Å². The van der Waals surface area contributed by atoms with Gasteiger partial charge in [-0.05, 0) is 49.1 Å². The van der Waals surface area contributed by atoms with Crippen LogP contribution in [0.1, 0.15) is 32.3 Å². The Hall–Kier alpha value is -0.830. The van der Waals surface area contributed by atoms with Gasteiger partial charge >= 0.3 is 5.97 Å². The van der Waals surface area contributed by atoms with Gasteiger partial charge in [0.15, 0.2) is 5.96 Å². The Morgan fingerprint density at radius 1 is 1.43 bits per heavy atom. The Kier molecular flexibility index (Phi) is 9.54. The van der Waals surface area contributed by atoms with E-state index in [1.165, 1.54) is 5.56 Å². The molecule has 0 amide bonds. The summed E-state index contributed by atoms with van der Waals surface area (Å²) in [7, 11) is 0. The molecule has 0 aromatic carbocycles. The number of halogens is 1. The van der Waals surface area contributed by atoms with E-state index in [1.54, 1.807) is 11.3 Å². The fourth-order valence-corrected chi connectivity index (χ4v) is 3.22. The molecule has 1 aliphatic heterocycles. The number of nitrogens with one attached hydrogen (secondary N) is 1. The molecule has 1 fully saturated rings. The lowest BCUT2D eigenvalue weighted by Crippen LogP contribution is -2.46. The maximum atomic E-state index is 11.8. The van der Waals surface area contributed by atoms with Crippen LogP contribution in [0.2, 0.25) is 0 Å². The van der Waals surface area contributed by atoms with Gasteiger partial charge in [0.1, 0.15) is 0 Å². The predicted octanol–water partition coefficient (Wildman–Crippen LogP) is 3.11. The number of thiophene rings is 1. The van der Waals surface area contributed by atoms with Crippen LogP contribution in [0, 0.1) is 5.92 Å². The normalized spacial score (nSPS) is 15.9. The summed E-state index contributed by atoms with van der Waals surface area (Å²) < 4.78 is 5.12. The van der Waals surface area contributed by atoms with Gasteiger partial charge in [-0.1, -0.05) is 0 Å². The molecule has 1 saturated heterocycles. The minimum Gasteiger partial charge on any atom is -0.466 e. The predicted molar refractivity (Wildman–Crippen MR) is 105 cm³/mol. The fourth-order valence-electron chi connectivity index (χ4n) is 2.56. The Morgan fingerprint density at radius 3 is 2.74 bits per heavy atom. The van der Waals surface area contributed by atoms with Crippen molar-refractivity contribution in [3.8, 4) is 0 Å². The summed E-state index contributed by atoms with van der Waals surface area (Å²) in [5, 5.41) is 7.54. The molecule has 1 aromatic rings. The molecule has 0 unspecified atom stereocenters. The molecule has 0 aliphatic carbocycles. The zero-order chi connectivity index (χ0) is 15.8. The number of ether oxygens (including phenoxy) is 1. The van der Waals surface area contributed by atoms with E-state index in [4.69, 9.17) is 9.73 Å². The largest absolute Gasteiger partial charge is 0.466 e. The molecule has 0 spiro atoms. The van der Waals surface area contributed by atoms with Crippen LogP contribution >= 0.6 is 35.3 Å². The van der Waals surface area contributed by atoms with Gasteiger partial charge < -0.3 is 15.0 Å². The number of esters is 1. The molecule has 0 atom stereocenters. The van der Waals surface area contributed by atoms with Gasteiger partial charge in [-0.3, -0.25) is 4.79 Å². The van der Waals surface area contributed by atoms with E-state index < -0.39 is 0 Å². The minimum absolute atomic E-state index is 0. The second-order valence-corrected chi connectivity index (χ2v) is 6.10. The lowest BCUT2D eigenvalue weighted by Gasteiger charge is -2.33. The number of rotatable bonds is 5. The first-order chi connectivity index (χ1) is 10.7. The highest BCUT2D eigenvalue weighted by Crippen LogP contribution is 2.19. The van der Waals surface area contributed by atoms with Gasteiger partial charge in [0, 0.05) is 19.6 Å². The molecule has 0 saturated carbocycles. The van der Waals surface area contributed by atoms with E-state index in [9.17, 15) is 4.79 Å². The number of nitrogens with zero attached hydrogens (tertiary/aromatic N) is 2. The molecule has 0 radical (unpaired) electrons. The molecule has 1 aliphatic rings. The highest BCUT2D eigenvalue weighted by molar-refractivity contribution is 14.0. The number of hydrogen-bond acceptors (Lipinski definition) is 4. The van der Waals surface area contributed by atoms with Crippen LogP contribution in [0.5, 0.6) is 0 Å².